The first kappa shape index (κ1) is 31.0. The van der Waals surface area contributed by atoms with Crippen molar-refractivity contribution in [1.82, 2.24) is 0 Å². The van der Waals surface area contributed by atoms with Gasteiger partial charge in [0.1, 0.15) is 31.0 Å². The van der Waals surface area contributed by atoms with E-state index in [1.807, 2.05) is 0 Å². The number of allylic oxidation sites excluding steroid dienone is 1. The largest absolute Gasteiger partial charge is 0.463 e. The molecule has 0 heterocycles. The SMILES string of the molecule is CCCCCC[C@@H](O)C/C=C\CCCCCCCC(=O)OC[C@H](O)[C@@H](O)[C@H](O)[C@H](O)CO. The Kier molecular flexibility index (Phi) is 19.9. The lowest BCUT2D eigenvalue weighted by Gasteiger charge is -2.25. The van der Waals surface area contributed by atoms with E-state index in [0.29, 0.717) is 6.42 Å². The van der Waals surface area contributed by atoms with E-state index in [4.69, 9.17) is 9.84 Å². The summed E-state index contributed by atoms with van der Waals surface area (Å²) < 4.78 is 4.88. The number of hydrogen-bond acceptors (Lipinski definition) is 8. The molecule has 0 rings (SSSR count). The molecule has 0 saturated carbocycles. The maximum Gasteiger partial charge on any atom is 0.305 e. The minimum absolute atomic E-state index is 0.209. The number of hydrogen-bond donors (Lipinski definition) is 6. The molecule has 6 N–H and O–H groups in total. The molecule has 0 aromatic rings. The lowest BCUT2D eigenvalue weighted by atomic mass is 10.0. The van der Waals surface area contributed by atoms with E-state index in [2.05, 4.69) is 19.1 Å². The number of ether oxygens (including phenoxy) is 1. The van der Waals surface area contributed by atoms with Crippen LogP contribution in [-0.2, 0) is 9.53 Å². The minimum atomic E-state index is -1.73. The van der Waals surface area contributed by atoms with E-state index in [1.54, 1.807) is 0 Å². The maximum absolute atomic E-state index is 11.7. The number of rotatable bonds is 21. The summed E-state index contributed by atoms with van der Waals surface area (Å²) in [6.07, 6.45) is 9.60. The highest BCUT2D eigenvalue weighted by molar-refractivity contribution is 5.69. The molecule has 0 aromatic heterocycles. The summed E-state index contributed by atoms with van der Waals surface area (Å²) in [5.41, 5.74) is 0. The maximum atomic E-state index is 11.7. The van der Waals surface area contributed by atoms with Crippen molar-refractivity contribution in [3.05, 3.63) is 12.2 Å². The van der Waals surface area contributed by atoms with Crippen LogP contribution in [0.15, 0.2) is 12.2 Å². The van der Waals surface area contributed by atoms with Crippen molar-refractivity contribution in [1.29, 1.82) is 0 Å². The summed E-state index contributed by atoms with van der Waals surface area (Å²) >= 11 is 0. The number of aliphatic hydroxyl groups is 6. The standard InChI is InChI=1S/C24H46O8/c1-2-3-4-11-14-19(26)15-12-9-7-5-6-8-10-13-16-22(29)32-18-21(28)24(31)23(30)20(27)17-25/h9,12,19-21,23-28,30-31H,2-8,10-11,13-18H2,1H3/b12-9-/t19-,20-,21+,23-,24-/m1/s1. The Balaban J connectivity index is 3.63. The van der Waals surface area contributed by atoms with Crippen molar-refractivity contribution in [2.75, 3.05) is 13.2 Å². The van der Waals surface area contributed by atoms with E-state index >= 15 is 0 Å². The average Bonchev–Trinajstić information content (AvgIpc) is 2.79. The topological polar surface area (TPSA) is 148 Å². The number of unbranched alkanes of at least 4 members (excludes halogenated alkanes) is 8. The Morgan fingerprint density at radius 1 is 0.812 bits per heavy atom. The molecule has 0 spiro atoms. The van der Waals surface area contributed by atoms with E-state index in [-0.39, 0.29) is 12.5 Å². The third kappa shape index (κ3) is 16.6. The molecule has 0 saturated heterocycles. The molecule has 190 valence electrons. The molecule has 8 nitrogen and oxygen atoms in total. The van der Waals surface area contributed by atoms with Crippen LogP contribution < -0.4 is 0 Å². The molecule has 0 aromatic carbocycles. The molecule has 0 fully saturated rings. The zero-order valence-electron chi connectivity index (χ0n) is 19.6. The van der Waals surface area contributed by atoms with Crippen LogP contribution in [0.1, 0.15) is 90.4 Å². The van der Waals surface area contributed by atoms with Crippen LogP contribution in [0, 0.1) is 0 Å². The van der Waals surface area contributed by atoms with Gasteiger partial charge in [0.05, 0.1) is 12.7 Å². The molecule has 0 aliphatic heterocycles. The van der Waals surface area contributed by atoms with Gasteiger partial charge in [-0.15, -0.1) is 0 Å². The van der Waals surface area contributed by atoms with E-state index < -0.39 is 43.6 Å². The average molecular weight is 463 g/mol. The smallest absolute Gasteiger partial charge is 0.305 e. The molecule has 0 bridgehead atoms. The lowest BCUT2D eigenvalue weighted by molar-refractivity contribution is -0.156. The lowest BCUT2D eigenvalue weighted by Crippen LogP contribution is -2.47. The third-order valence-electron chi connectivity index (χ3n) is 5.46. The van der Waals surface area contributed by atoms with Gasteiger partial charge in [0.2, 0.25) is 0 Å². The van der Waals surface area contributed by atoms with Gasteiger partial charge in [0, 0.05) is 6.42 Å². The van der Waals surface area contributed by atoms with E-state index in [0.717, 1.165) is 51.4 Å². The molecular weight excluding hydrogens is 416 g/mol. The van der Waals surface area contributed by atoms with Crippen LogP contribution in [0.5, 0.6) is 0 Å². The van der Waals surface area contributed by atoms with Crippen molar-refractivity contribution in [3.8, 4) is 0 Å². The molecule has 0 radical (unpaired) electrons. The minimum Gasteiger partial charge on any atom is -0.463 e. The number of carbonyl (C=O) groups excluding carboxylic acids is 1. The Morgan fingerprint density at radius 2 is 1.44 bits per heavy atom. The fourth-order valence-corrected chi connectivity index (χ4v) is 3.27. The second kappa shape index (κ2) is 20.6. The van der Waals surface area contributed by atoms with E-state index in [1.165, 1.54) is 19.3 Å². The number of aliphatic hydroxyl groups excluding tert-OH is 6. The fraction of sp³-hybridized carbons (Fsp3) is 0.875. The van der Waals surface area contributed by atoms with Crippen molar-refractivity contribution >= 4 is 5.97 Å². The van der Waals surface area contributed by atoms with Crippen LogP contribution in [0.4, 0.5) is 0 Å². The van der Waals surface area contributed by atoms with Gasteiger partial charge >= 0.3 is 5.97 Å². The van der Waals surface area contributed by atoms with Gasteiger partial charge in [-0.25, -0.2) is 0 Å². The van der Waals surface area contributed by atoms with Crippen molar-refractivity contribution in [2.24, 2.45) is 0 Å². The fourth-order valence-electron chi connectivity index (χ4n) is 3.27. The normalized spacial score (nSPS) is 16.6. The predicted molar refractivity (Wildman–Crippen MR) is 123 cm³/mol. The van der Waals surface area contributed by atoms with Gasteiger partial charge in [-0.2, -0.15) is 0 Å². The van der Waals surface area contributed by atoms with Gasteiger partial charge in [-0.05, 0) is 32.1 Å². The second-order valence-corrected chi connectivity index (χ2v) is 8.50. The van der Waals surface area contributed by atoms with Crippen LogP contribution >= 0.6 is 0 Å². The van der Waals surface area contributed by atoms with E-state index in [9.17, 15) is 30.3 Å². The first-order valence-corrected chi connectivity index (χ1v) is 12.1. The summed E-state index contributed by atoms with van der Waals surface area (Å²) in [5, 5.41) is 56.7. The zero-order valence-corrected chi connectivity index (χ0v) is 19.6. The summed E-state index contributed by atoms with van der Waals surface area (Å²) in [6, 6.07) is 0. The highest BCUT2D eigenvalue weighted by atomic mass is 16.5. The van der Waals surface area contributed by atoms with Gasteiger partial charge < -0.3 is 35.4 Å². The molecule has 5 atom stereocenters. The quantitative estimate of drug-likeness (QED) is 0.0862. The molecule has 0 aliphatic carbocycles. The highest BCUT2D eigenvalue weighted by Crippen LogP contribution is 2.11. The number of carbonyl (C=O) groups is 1. The van der Waals surface area contributed by atoms with Crippen molar-refractivity contribution in [2.45, 2.75) is 121 Å². The second-order valence-electron chi connectivity index (χ2n) is 8.50. The van der Waals surface area contributed by atoms with Crippen LogP contribution in [0.2, 0.25) is 0 Å². The monoisotopic (exact) mass is 462 g/mol. The molecule has 0 aliphatic rings. The summed E-state index contributed by atoms with van der Waals surface area (Å²) in [4.78, 5) is 11.7. The highest BCUT2D eigenvalue weighted by Gasteiger charge is 2.30. The van der Waals surface area contributed by atoms with Gasteiger partial charge in [-0.3, -0.25) is 4.79 Å². The van der Waals surface area contributed by atoms with Gasteiger partial charge in [0.15, 0.2) is 0 Å². The first-order valence-electron chi connectivity index (χ1n) is 12.1. The van der Waals surface area contributed by atoms with Crippen molar-refractivity contribution in [3.63, 3.8) is 0 Å². The Hall–Kier alpha value is -1.03. The van der Waals surface area contributed by atoms with Gasteiger partial charge in [0.25, 0.3) is 0 Å². The molecule has 8 heteroatoms. The summed E-state index contributed by atoms with van der Waals surface area (Å²) in [6.45, 7) is 0.927. The third-order valence-corrected chi connectivity index (χ3v) is 5.46. The van der Waals surface area contributed by atoms with Crippen LogP contribution in [-0.4, -0.2) is 80.3 Å². The first-order chi connectivity index (χ1) is 15.3. The molecule has 0 unspecified atom stereocenters. The number of esters is 1. The van der Waals surface area contributed by atoms with Crippen molar-refractivity contribution < 1.29 is 40.2 Å². The summed E-state index contributed by atoms with van der Waals surface area (Å²) in [7, 11) is 0. The van der Waals surface area contributed by atoms with Crippen LogP contribution in [0.25, 0.3) is 0 Å². The van der Waals surface area contributed by atoms with Gasteiger partial charge in [-0.1, -0.05) is 64.0 Å². The molecular formula is C24H46O8. The Morgan fingerprint density at radius 3 is 2.12 bits per heavy atom. The molecule has 32 heavy (non-hydrogen) atoms. The summed E-state index contributed by atoms with van der Waals surface area (Å²) in [5.74, 6) is -0.496. The Labute approximate surface area is 192 Å². The zero-order chi connectivity index (χ0) is 24.2. The predicted octanol–water partition coefficient (Wildman–Crippen LogP) is 1.97. The molecule has 0 amide bonds. The van der Waals surface area contributed by atoms with Crippen LogP contribution in [0.3, 0.4) is 0 Å². The Bertz CT molecular complexity index is 471.